The van der Waals surface area contributed by atoms with Crippen molar-refractivity contribution in [3.05, 3.63) is 15.6 Å². The van der Waals surface area contributed by atoms with Crippen molar-refractivity contribution in [1.82, 2.24) is 4.98 Å². The highest BCUT2D eigenvalue weighted by atomic mass is 32.1. The van der Waals surface area contributed by atoms with Crippen LogP contribution in [0.4, 0.5) is 0 Å². The molecule has 13 heavy (non-hydrogen) atoms. The van der Waals surface area contributed by atoms with Crippen LogP contribution in [-0.4, -0.2) is 10.8 Å². The SMILES string of the molecule is CC(=O)c1nc(C(C)(C)C)c(C)s1. The highest BCUT2D eigenvalue weighted by molar-refractivity contribution is 7.13. The molecule has 0 spiro atoms. The van der Waals surface area contributed by atoms with Crippen LogP contribution in [0.25, 0.3) is 0 Å². The summed E-state index contributed by atoms with van der Waals surface area (Å²) in [6, 6.07) is 0. The predicted molar refractivity (Wildman–Crippen MR) is 55.6 cm³/mol. The number of Topliss-reactive ketones (excluding diaryl/α,β-unsaturated/α-hetero) is 1. The van der Waals surface area contributed by atoms with E-state index in [2.05, 4.69) is 25.8 Å². The van der Waals surface area contributed by atoms with Gasteiger partial charge >= 0.3 is 0 Å². The van der Waals surface area contributed by atoms with Crippen molar-refractivity contribution in [1.29, 1.82) is 0 Å². The number of thiazole rings is 1. The summed E-state index contributed by atoms with van der Waals surface area (Å²) in [5.41, 5.74) is 1.08. The molecule has 0 aliphatic rings. The van der Waals surface area contributed by atoms with Crippen molar-refractivity contribution in [2.45, 2.75) is 40.0 Å². The fraction of sp³-hybridized carbons (Fsp3) is 0.600. The molecule has 2 nitrogen and oxygen atoms in total. The molecule has 1 rings (SSSR count). The zero-order valence-corrected chi connectivity index (χ0v) is 9.58. The Bertz CT molecular complexity index is 333. The quantitative estimate of drug-likeness (QED) is 0.648. The van der Waals surface area contributed by atoms with Crippen LogP contribution in [0.1, 0.15) is 48.1 Å². The van der Waals surface area contributed by atoms with Gasteiger partial charge in [0.15, 0.2) is 10.8 Å². The maximum Gasteiger partial charge on any atom is 0.188 e. The normalized spacial score (nSPS) is 11.8. The average Bonchev–Trinajstić information content (AvgIpc) is 2.29. The van der Waals surface area contributed by atoms with Gasteiger partial charge in [-0.1, -0.05) is 20.8 Å². The largest absolute Gasteiger partial charge is 0.292 e. The Morgan fingerprint density at radius 3 is 2.15 bits per heavy atom. The van der Waals surface area contributed by atoms with E-state index in [1.807, 2.05) is 6.92 Å². The maximum atomic E-state index is 11.1. The molecule has 1 aromatic heterocycles. The first-order chi connectivity index (χ1) is 5.82. The molecule has 0 unspecified atom stereocenters. The molecule has 0 fully saturated rings. The van der Waals surface area contributed by atoms with Crippen LogP contribution in [-0.2, 0) is 5.41 Å². The Hall–Kier alpha value is -0.700. The van der Waals surface area contributed by atoms with Crippen LogP contribution in [0.5, 0.6) is 0 Å². The summed E-state index contributed by atoms with van der Waals surface area (Å²) in [6.45, 7) is 9.91. The van der Waals surface area contributed by atoms with Crippen molar-refractivity contribution >= 4 is 17.1 Å². The van der Waals surface area contributed by atoms with Crippen molar-refractivity contribution in [3.8, 4) is 0 Å². The van der Waals surface area contributed by atoms with Crippen molar-refractivity contribution in [2.75, 3.05) is 0 Å². The van der Waals surface area contributed by atoms with E-state index in [9.17, 15) is 4.79 Å². The highest BCUT2D eigenvalue weighted by Gasteiger charge is 2.21. The summed E-state index contributed by atoms with van der Waals surface area (Å²) in [5.74, 6) is 0.0589. The lowest BCUT2D eigenvalue weighted by Crippen LogP contribution is -2.13. The zero-order valence-electron chi connectivity index (χ0n) is 8.76. The van der Waals surface area contributed by atoms with Crippen LogP contribution in [0.15, 0.2) is 0 Å². The Kier molecular flexibility index (Phi) is 2.57. The number of carbonyl (C=O) groups is 1. The fourth-order valence-electron chi connectivity index (χ4n) is 1.24. The van der Waals surface area contributed by atoms with Gasteiger partial charge in [-0.15, -0.1) is 11.3 Å². The molecule has 1 aromatic rings. The molecule has 0 N–H and O–H groups in total. The van der Waals surface area contributed by atoms with E-state index in [0.717, 1.165) is 10.6 Å². The molecule has 0 saturated carbocycles. The minimum atomic E-state index is 0.0360. The summed E-state index contributed by atoms with van der Waals surface area (Å²) < 4.78 is 0. The molecule has 0 amide bonds. The zero-order chi connectivity index (χ0) is 10.2. The Balaban J connectivity index is 3.18. The van der Waals surface area contributed by atoms with E-state index in [0.29, 0.717) is 5.01 Å². The predicted octanol–water partition coefficient (Wildman–Crippen LogP) is 2.95. The second kappa shape index (κ2) is 3.22. The van der Waals surface area contributed by atoms with E-state index in [-0.39, 0.29) is 11.2 Å². The number of hydrogen-bond acceptors (Lipinski definition) is 3. The van der Waals surface area contributed by atoms with Gasteiger partial charge in [-0.05, 0) is 6.92 Å². The van der Waals surface area contributed by atoms with E-state index >= 15 is 0 Å². The van der Waals surface area contributed by atoms with Gasteiger partial charge in [0.1, 0.15) is 0 Å². The minimum absolute atomic E-state index is 0.0360. The lowest BCUT2D eigenvalue weighted by molar-refractivity contribution is 0.101. The van der Waals surface area contributed by atoms with Gasteiger partial charge in [-0.2, -0.15) is 0 Å². The number of rotatable bonds is 1. The van der Waals surface area contributed by atoms with Gasteiger partial charge in [0.2, 0.25) is 0 Å². The van der Waals surface area contributed by atoms with Gasteiger partial charge in [0.05, 0.1) is 5.69 Å². The lowest BCUT2D eigenvalue weighted by atomic mass is 9.91. The third-order valence-corrected chi connectivity index (χ3v) is 2.88. The molecule has 3 heteroatoms. The number of nitrogens with zero attached hydrogens (tertiary/aromatic N) is 1. The molecular weight excluding hydrogens is 182 g/mol. The lowest BCUT2D eigenvalue weighted by Gasteiger charge is -2.15. The van der Waals surface area contributed by atoms with E-state index in [4.69, 9.17) is 0 Å². The van der Waals surface area contributed by atoms with Crippen LogP contribution < -0.4 is 0 Å². The molecule has 0 radical (unpaired) electrons. The first-order valence-electron chi connectivity index (χ1n) is 4.31. The van der Waals surface area contributed by atoms with Gasteiger partial charge in [-0.25, -0.2) is 4.98 Å². The van der Waals surface area contributed by atoms with Crippen molar-refractivity contribution in [2.24, 2.45) is 0 Å². The molecule has 0 aliphatic carbocycles. The monoisotopic (exact) mass is 197 g/mol. The number of ketones is 1. The third-order valence-electron chi connectivity index (χ3n) is 1.81. The van der Waals surface area contributed by atoms with Crippen LogP contribution in [0.2, 0.25) is 0 Å². The topological polar surface area (TPSA) is 30.0 Å². The first-order valence-corrected chi connectivity index (χ1v) is 5.13. The molecule has 1 heterocycles. The van der Waals surface area contributed by atoms with Crippen molar-refractivity contribution < 1.29 is 4.79 Å². The second-order valence-electron chi connectivity index (χ2n) is 4.23. The number of hydrogen-bond donors (Lipinski definition) is 0. The van der Waals surface area contributed by atoms with Gasteiger partial charge < -0.3 is 0 Å². The van der Waals surface area contributed by atoms with E-state index < -0.39 is 0 Å². The third kappa shape index (κ3) is 2.15. The first kappa shape index (κ1) is 10.4. The number of aromatic nitrogens is 1. The molecule has 0 atom stereocenters. The molecule has 0 aromatic carbocycles. The standard InChI is InChI=1S/C10H15NOS/c1-6(12)9-11-8(7(2)13-9)10(3,4)5/h1-5H3. The number of aryl methyl sites for hydroxylation is 1. The van der Waals surface area contributed by atoms with Gasteiger partial charge in [0, 0.05) is 17.2 Å². The van der Waals surface area contributed by atoms with Crippen molar-refractivity contribution in [3.63, 3.8) is 0 Å². The minimum Gasteiger partial charge on any atom is -0.292 e. The van der Waals surface area contributed by atoms with E-state index in [1.54, 1.807) is 6.92 Å². The fourth-order valence-corrected chi connectivity index (χ4v) is 2.26. The van der Waals surface area contributed by atoms with Gasteiger partial charge in [0.25, 0.3) is 0 Å². The number of carbonyl (C=O) groups excluding carboxylic acids is 1. The van der Waals surface area contributed by atoms with E-state index in [1.165, 1.54) is 11.3 Å². The Morgan fingerprint density at radius 1 is 1.38 bits per heavy atom. The van der Waals surface area contributed by atoms with Crippen LogP contribution in [0, 0.1) is 6.92 Å². The highest BCUT2D eigenvalue weighted by Crippen LogP contribution is 2.28. The Morgan fingerprint density at radius 2 is 1.92 bits per heavy atom. The summed E-state index contributed by atoms with van der Waals surface area (Å²) in [4.78, 5) is 16.6. The molecule has 0 saturated heterocycles. The molecule has 0 aliphatic heterocycles. The summed E-state index contributed by atoms with van der Waals surface area (Å²) in [7, 11) is 0. The summed E-state index contributed by atoms with van der Waals surface area (Å²) >= 11 is 1.49. The molecule has 72 valence electrons. The average molecular weight is 197 g/mol. The Labute approximate surface area is 83.0 Å². The van der Waals surface area contributed by atoms with Crippen LogP contribution >= 0.6 is 11.3 Å². The summed E-state index contributed by atoms with van der Waals surface area (Å²) in [6.07, 6.45) is 0. The maximum absolute atomic E-state index is 11.1. The smallest absolute Gasteiger partial charge is 0.188 e. The van der Waals surface area contributed by atoms with Crippen LogP contribution in [0.3, 0.4) is 0 Å². The van der Waals surface area contributed by atoms with Gasteiger partial charge in [-0.3, -0.25) is 4.79 Å². The molecular formula is C10H15NOS. The summed E-state index contributed by atoms with van der Waals surface area (Å²) in [5, 5.41) is 0.627. The second-order valence-corrected chi connectivity index (χ2v) is 5.43. The molecule has 0 bridgehead atoms.